The smallest absolute Gasteiger partial charge is 0.387 e. The number of carbonyl (C=O) groups excluding carboxylic acids is 1. The largest absolute Gasteiger partial charge is 0.489 e. The van der Waals surface area contributed by atoms with Crippen LogP contribution in [-0.4, -0.2) is 12.5 Å². The van der Waals surface area contributed by atoms with Crippen LogP contribution >= 0.6 is 11.3 Å². The average Bonchev–Trinajstić information content (AvgIpc) is 3.12. The van der Waals surface area contributed by atoms with Crippen molar-refractivity contribution in [1.82, 2.24) is 0 Å². The Morgan fingerprint density at radius 2 is 1.89 bits per heavy atom. The molecule has 1 aromatic heterocycles. The molecule has 0 fully saturated rings. The molecule has 1 N–H and O–H groups in total. The van der Waals surface area contributed by atoms with Crippen LogP contribution in [0.2, 0.25) is 0 Å². The van der Waals surface area contributed by atoms with Crippen LogP contribution in [0.3, 0.4) is 0 Å². The maximum absolute atomic E-state index is 12.6. The van der Waals surface area contributed by atoms with E-state index in [4.69, 9.17) is 4.74 Å². The molecule has 0 aliphatic heterocycles. The highest BCUT2D eigenvalue weighted by Gasteiger charge is 2.15. The van der Waals surface area contributed by atoms with Crippen molar-refractivity contribution in [2.45, 2.75) is 27.1 Å². The van der Waals surface area contributed by atoms with Gasteiger partial charge >= 0.3 is 6.61 Å². The molecule has 0 unspecified atom stereocenters. The lowest BCUT2D eigenvalue weighted by Gasteiger charge is -2.12. The van der Waals surface area contributed by atoms with E-state index in [1.54, 1.807) is 25.1 Å². The van der Waals surface area contributed by atoms with Crippen LogP contribution in [0.15, 0.2) is 53.9 Å². The molecule has 7 heteroatoms. The number of hydrogen-bond donors (Lipinski definition) is 1. The molecule has 0 spiro atoms. The molecule has 28 heavy (non-hydrogen) atoms. The van der Waals surface area contributed by atoms with Crippen LogP contribution in [0.5, 0.6) is 11.5 Å². The van der Waals surface area contributed by atoms with Crippen molar-refractivity contribution in [2.24, 2.45) is 0 Å². The number of para-hydroxylation sites is 1. The van der Waals surface area contributed by atoms with Gasteiger partial charge in [0.25, 0.3) is 5.91 Å². The van der Waals surface area contributed by atoms with Crippen LogP contribution in [0, 0.1) is 13.8 Å². The highest BCUT2D eigenvalue weighted by molar-refractivity contribution is 7.12. The Hall–Kier alpha value is -2.93. The van der Waals surface area contributed by atoms with Crippen molar-refractivity contribution in [2.75, 3.05) is 5.32 Å². The molecule has 1 amide bonds. The molecule has 0 aliphatic carbocycles. The lowest BCUT2D eigenvalue weighted by atomic mass is 10.2. The Balaban J connectivity index is 1.68. The minimum atomic E-state index is -2.97. The number of ether oxygens (including phenoxy) is 2. The van der Waals surface area contributed by atoms with E-state index in [2.05, 4.69) is 10.1 Å². The molecule has 146 valence electrons. The number of benzene rings is 2. The molecule has 2 aromatic carbocycles. The average molecular weight is 403 g/mol. The summed E-state index contributed by atoms with van der Waals surface area (Å²) in [7, 11) is 0. The SMILES string of the molecule is Cc1ccc(OC(F)F)c(NC(=O)c2cc(COc3ccccc3C)cs2)c1. The van der Waals surface area contributed by atoms with Gasteiger partial charge in [-0.05, 0) is 54.6 Å². The second-order valence-electron chi connectivity index (χ2n) is 6.21. The standard InChI is InChI=1S/C21H19F2NO3S/c1-13-7-8-18(27-21(22)23)16(9-13)24-20(25)19-10-15(12-28-19)11-26-17-6-4-3-5-14(17)2/h3-10,12,21H,11H2,1-2H3,(H,24,25). The number of thiophene rings is 1. The van der Waals surface area contributed by atoms with Gasteiger partial charge in [0.15, 0.2) is 0 Å². The number of nitrogens with one attached hydrogen (secondary N) is 1. The van der Waals surface area contributed by atoms with Crippen LogP contribution in [0.25, 0.3) is 0 Å². The Morgan fingerprint density at radius 3 is 2.64 bits per heavy atom. The third kappa shape index (κ3) is 5.07. The predicted octanol–water partition coefficient (Wildman–Crippen LogP) is 5.80. The molecular formula is C21H19F2NO3S. The summed E-state index contributed by atoms with van der Waals surface area (Å²) < 4.78 is 35.4. The predicted molar refractivity (Wildman–Crippen MR) is 106 cm³/mol. The van der Waals surface area contributed by atoms with Gasteiger partial charge in [0.2, 0.25) is 0 Å². The Labute approximate surface area is 165 Å². The first-order valence-electron chi connectivity index (χ1n) is 8.55. The van der Waals surface area contributed by atoms with Gasteiger partial charge in [0.1, 0.15) is 18.1 Å². The molecular weight excluding hydrogens is 384 g/mol. The number of carbonyl (C=O) groups is 1. The molecule has 3 rings (SSSR count). The van der Waals surface area contributed by atoms with Crippen molar-refractivity contribution >= 4 is 22.9 Å². The van der Waals surface area contributed by atoms with E-state index in [0.29, 0.717) is 11.5 Å². The van der Waals surface area contributed by atoms with Crippen LogP contribution in [0.1, 0.15) is 26.4 Å². The first-order chi connectivity index (χ1) is 13.4. The van der Waals surface area contributed by atoms with Crippen molar-refractivity contribution in [3.63, 3.8) is 0 Å². The topological polar surface area (TPSA) is 47.6 Å². The van der Waals surface area contributed by atoms with Gasteiger partial charge in [0, 0.05) is 5.56 Å². The minimum absolute atomic E-state index is 0.0754. The summed E-state index contributed by atoms with van der Waals surface area (Å²) in [4.78, 5) is 13.0. The van der Waals surface area contributed by atoms with Gasteiger partial charge in [0.05, 0.1) is 10.6 Å². The minimum Gasteiger partial charge on any atom is -0.489 e. The number of alkyl halides is 2. The zero-order valence-electron chi connectivity index (χ0n) is 15.4. The molecule has 0 radical (unpaired) electrons. The fraction of sp³-hybridized carbons (Fsp3) is 0.190. The zero-order valence-corrected chi connectivity index (χ0v) is 16.2. The Bertz CT molecular complexity index is 972. The van der Waals surface area contributed by atoms with Crippen molar-refractivity contribution in [3.8, 4) is 11.5 Å². The summed E-state index contributed by atoms with van der Waals surface area (Å²) in [5.41, 5.74) is 2.90. The van der Waals surface area contributed by atoms with E-state index in [9.17, 15) is 13.6 Å². The first-order valence-corrected chi connectivity index (χ1v) is 9.43. The number of amides is 1. The quantitative estimate of drug-likeness (QED) is 0.543. The fourth-order valence-corrected chi connectivity index (χ4v) is 3.37. The summed E-state index contributed by atoms with van der Waals surface area (Å²) in [5, 5.41) is 4.47. The van der Waals surface area contributed by atoms with Crippen LogP contribution in [0.4, 0.5) is 14.5 Å². The number of anilines is 1. The Kier molecular flexibility index (Phi) is 6.26. The summed E-state index contributed by atoms with van der Waals surface area (Å²) >= 11 is 1.26. The maximum atomic E-state index is 12.6. The second kappa shape index (κ2) is 8.84. The molecule has 0 saturated heterocycles. The Morgan fingerprint density at radius 1 is 1.11 bits per heavy atom. The fourth-order valence-electron chi connectivity index (χ4n) is 2.57. The summed E-state index contributed by atoms with van der Waals surface area (Å²) in [5.74, 6) is 0.318. The lowest BCUT2D eigenvalue weighted by molar-refractivity contribution is -0.0493. The normalized spacial score (nSPS) is 10.8. The number of halogens is 2. The maximum Gasteiger partial charge on any atom is 0.387 e. The third-order valence-electron chi connectivity index (χ3n) is 3.96. The van der Waals surface area contributed by atoms with Crippen molar-refractivity contribution < 1.29 is 23.0 Å². The highest BCUT2D eigenvalue weighted by atomic mass is 32.1. The van der Waals surface area contributed by atoms with Gasteiger partial charge in [-0.15, -0.1) is 11.3 Å². The van der Waals surface area contributed by atoms with Gasteiger partial charge in [-0.1, -0.05) is 24.3 Å². The van der Waals surface area contributed by atoms with Gasteiger partial charge in [-0.2, -0.15) is 8.78 Å². The number of aryl methyl sites for hydroxylation is 2. The molecule has 0 bridgehead atoms. The third-order valence-corrected chi connectivity index (χ3v) is 4.94. The van der Waals surface area contributed by atoms with E-state index in [1.165, 1.54) is 17.4 Å². The summed E-state index contributed by atoms with van der Waals surface area (Å²) in [6.45, 7) is 1.13. The lowest BCUT2D eigenvalue weighted by Crippen LogP contribution is -2.13. The van der Waals surface area contributed by atoms with E-state index < -0.39 is 12.5 Å². The molecule has 1 heterocycles. The van der Waals surface area contributed by atoms with E-state index in [1.807, 2.05) is 36.6 Å². The summed E-state index contributed by atoms with van der Waals surface area (Å²) in [6.07, 6.45) is 0. The molecule has 0 saturated carbocycles. The van der Waals surface area contributed by atoms with Crippen molar-refractivity contribution in [3.05, 3.63) is 75.5 Å². The van der Waals surface area contributed by atoms with Gasteiger partial charge < -0.3 is 14.8 Å². The van der Waals surface area contributed by atoms with E-state index >= 15 is 0 Å². The number of rotatable bonds is 7. The molecule has 0 aliphatic rings. The first kappa shape index (κ1) is 19.8. The van der Waals surface area contributed by atoms with Gasteiger partial charge in [-0.3, -0.25) is 4.79 Å². The van der Waals surface area contributed by atoms with E-state index in [-0.39, 0.29) is 11.4 Å². The molecule has 3 aromatic rings. The molecule has 0 atom stereocenters. The highest BCUT2D eigenvalue weighted by Crippen LogP contribution is 2.28. The zero-order chi connectivity index (χ0) is 20.1. The second-order valence-corrected chi connectivity index (χ2v) is 7.12. The summed E-state index contributed by atoms with van der Waals surface area (Å²) in [6, 6.07) is 14.0. The van der Waals surface area contributed by atoms with E-state index in [0.717, 1.165) is 22.4 Å². The van der Waals surface area contributed by atoms with Crippen molar-refractivity contribution in [1.29, 1.82) is 0 Å². The number of hydrogen-bond acceptors (Lipinski definition) is 4. The van der Waals surface area contributed by atoms with Crippen LogP contribution < -0.4 is 14.8 Å². The van der Waals surface area contributed by atoms with Gasteiger partial charge in [-0.25, -0.2) is 0 Å². The van der Waals surface area contributed by atoms with Crippen LogP contribution in [-0.2, 0) is 6.61 Å². The monoisotopic (exact) mass is 403 g/mol. The molecule has 4 nitrogen and oxygen atoms in total.